The number of halogens is 1. The first-order valence-corrected chi connectivity index (χ1v) is 6.29. The van der Waals surface area contributed by atoms with Crippen molar-refractivity contribution in [2.45, 2.75) is 32.6 Å². The highest BCUT2D eigenvalue weighted by Crippen LogP contribution is 2.27. The minimum absolute atomic E-state index is 0.0892. The predicted octanol–water partition coefficient (Wildman–Crippen LogP) is 2.47. The first kappa shape index (κ1) is 13.5. The van der Waals surface area contributed by atoms with Crippen LogP contribution in [0.3, 0.4) is 0 Å². The fourth-order valence-electron chi connectivity index (χ4n) is 2.48. The molecule has 0 aliphatic carbocycles. The van der Waals surface area contributed by atoms with E-state index in [2.05, 4.69) is 5.32 Å². The summed E-state index contributed by atoms with van der Waals surface area (Å²) in [6, 6.07) is 3.48. The molecule has 1 aromatic carbocycles. The van der Waals surface area contributed by atoms with Crippen molar-refractivity contribution in [1.82, 2.24) is 5.32 Å². The van der Waals surface area contributed by atoms with Crippen LogP contribution in [0.2, 0.25) is 0 Å². The minimum Gasteiger partial charge on any atom is -0.350 e. The molecule has 0 saturated carbocycles. The third-order valence-corrected chi connectivity index (χ3v) is 3.30. The van der Waals surface area contributed by atoms with Gasteiger partial charge in [-0.25, -0.2) is 4.39 Å². The van der Waals surface area contributed by atoms with Crippen LogP contribution in [0.5, 0.6) is 0 Å². The third kappa shape index (κ3) is 2.88. The number of hydrogen-bond acceptors (Lipinski definition) is 3. The molecule has 0 aromatic heterocycles. The first-order valence-electron chi connectivity index (χ1n) is 6.29. The molecule has 0 bridgehead atoms. The highest BCUT2D eigenvalue weighted by molar-refractivity contribution is 5.34. The Morgan fingerprint density at radius 2 is 2.00 bits per heavy atom. The van der Waals surface area contributed by atoms with Gasteiger partial charge in [0.25, 0.3) is 0 Å². The predicted molar refractivity (Wildman–Crippen MR) is 68.0 cm³/mol. The Bertz CT molecular complexity index is 393. The van der Waals surface area contributed by atoms with Crippen LogP contribution in [0.25, 0.3) is 0 Å². The zero-order chi connectivity index (χ0) is 13.1. The summed E-state index contributed by atoms with van der Waals surface area (Å²) in [5.41, 5.74) is 2.61. The largest absolute Gasteiger partial charge is 0.350 e. The summed E-state index contributed by atoms with van der Waals surface area (Å²) in [5.74, 6) is -0.162. The van der Waals surface area contributed by atoms with E-state index >= 15 is 0 Å². The lowest BCUT2D eigenvalue weighted by Crippen LogP contribution is -2.24. The van der Waals surface area contributed by atoms with Gasteiger partial charge in [0.1, 0.15) is 5.82 Å². The van der Waals surface area contributed by atoms with Gasteiger partial charge in [0.2, 0.25) is 0 Å². The monoisotopic (exact) mass is 253 g/mol. The molecule has 1 aromatic rings. The second-order valence-corrected chi connectivity index (χ2v) is 4.73. The van der Waals surface area contributed by atoms with Crippen molar-refractivity contribution in [2.24, 2.45) is 0 Å². The lowest BCUT2D eigenvalue weighted by Gasteiger charge is -2.22. The lowest BCUT2D eigenvalue weighted by molar-refractivity contribution is -0.0528. The molecule has 1 aliphatic heterocycles. The van der Waals surface area contributed by atoms with Crippen LogP contribution in [0.15, 0.2) is 12.1 Å². The topological polar surface area (TPSA) is 30.5 Å². The molecule has 0 spiro atoms. The number of hydrogen-bond donors (Lipinski definition) is 1. The fraction of sp³-hybridized carbons (Fsp3) is 0.571. The number of rotatable bonds is 4. The molecule has 4 heteroatoms. The van der Waals surface area contributed by atoms with Gasteiger partial charge in [0.15, 0.2) is 6.29 Å². The second-order valence-electron chi connectivity index (χ2n) is 4.73. The van der Waals surface area contributed by atoms with Gasteiger partial charge < -0.3 is 14.8 Å². The zero-order valence-corrected chi connectivity index (χ0v) is 11.1. The molecule has 1 N–H and O–H groups in total. The highest BCUT2D eigenvalue weighted by atomic mass is 19.1. The summed E-state index contributed by atoms with van der Waals surface area (Å²) in [6.07, 6.45) is 0.389. The van der Waals surface area contributed by atoms with Crippen LogP contribution in [0, 0.1) is 19.7 Å². The molecule has 2 rings (SSSR count). The van der Waals surface area contributed by atoms with Crippen LogP contribution >= 0.6 is 0 Å². The van der Waals surface area contributed by atoms with Gasteiger partial charge in [0, 0.05) is 18.0 Å². The van der Waals surface area contributed by atoms with Gasteiger partial charge in [-0.2, -0.15) is 0 Å². The van der Waals surface area contributed by atoms with Crippen molar-refractivity contribution in [3.8, 4) is 0 Å². The molecule has 1 aliphatic rings. The van der Waals surface area contributed by atoms with Crippen molar-refractivity contribution in [3.63, 3.8) is 0 Å². The Morgan fingerprint density at radius 1 is 1.33 bits per heavy atom. The number of ether oxygens (including phenoxy) is 2. The Morgan fingerprint density at radius 3 is 2.56 bits per heavy atom. The molecular formula is C14H20FNO2. The maximum Gasteiger partial charge on any atom is 0.159 e. The molecular weight excluding hydrogens is 233 g/mol. The molecule has 1 atom stereocenters. The van der Waals surface area contributed by atoms with E-state index in [0.29, 0.717) is 25.2 Å². The Balaban J connectivity index is 2.21. The summed E-state index contributed by atoms with van der Waals surface area (Å²) in [7, 11) is 1.83. The normalized spacial score (nSPS) is 18.2. The van der Waals surface area contributed by atoms with Crippen LogP contribution in [0.4, 0.5) is 4.39 Å². The van der Waals surface area contributed by atoms with E-state index in [1.165, 1.54) is 0 Å². The average molecular weight is 253 g/mol. The Labute approximate surface area is 107 Å². The quantitative estimate of drug-likeness (QED) is 0.894. The van der Waals surface area contributed by atoms with Gasteiger partial charge in [-0.05, 0) is 38.1 Å². The van der Waals surface area contributed by atoms with Crippen molar-refractivity contribution >= 4 is 0 Å². The summed E-state index contributed by atoms with van der Waals surface area (Å²) in [5, 5.41) is 3.15. The third-order valence-electron chi connectivity index (χ3n) is 3.30. The molecule has 100 valence electrons. The number of benzene rings is 1. The Hall–Kier alpha value is -0.970. The van der Waals surface area contributed by atoms with Crippen LogP contribution in [-0.2, 0) is 9.47 Å². The van der Waals surface area contributed by atoms with Gasteiger partial charge in [-0.15, -0.1) is 0 Å². The molecule has 3 nitrogen and oxygen atoms in total. The zero-order valence-electron chi connectivity index (χ0n) is 11.1. The van der Waals surface area contributed by atoms with E-state index < -0.39 is 0 Å². The standard InChI is InChI=1S/C14H20FNO2/c1-9-6-10(2)14(11(15)7-9)12(16-3)8-13-17-4-5-18-13/h6-7,12-13,16H,4-5,8H2,1-3H3. The van der Waals surface area contributed by atoms with Crippen molar-refractivity contribution < 1.29 is 13.9 Å². The van der Waals surface area contributed by atoms with Gasteiger partial charge in [0.05, 0.1) is 13.2 Å². The molecule has 1 heterocycles. The van der Waals surface area contributed by atoms with Gasteiger partial charge in [-0.3, -0.25) is 0 Å². The van der Waals surface area contributed by atoms with E-state index in [9.17, 15) is 4.39 Å². The molecule has 1 saturated heterocycles. The molecule has 1 unspecified atom stereocenters. The lowest BCUT2D eigenvalue weighted by atomic mass is 9.96. The molecule has 1 fully saturated rings. The molecule has 18 heavy (non-hydrogen) atoms. The molecule has 0 amide bonds. The first-order chi connectivity index (χ1) is 8.61. The number of aryl methyl sites for hydroxylation is 2. The highest BCUT2D eigenvalue weighted by Gasteiger charge is 2.24. The fourth-order valence-corrected chi connectivity index (χ4v) is 2.48. The maximum atomic E-state index is 14.1. The minimum atomic E-state index is -0.234. The van der Waals surface area contributed by atoms with Crippen molar-refractivity contribution in [1.29, 1.82) is 0 Å². The summed E-state index contributed by atoms with van der Waals surface area (Å²) in [6.45, 7) is 5.08. The van der Waals surface area contributed by atoms with Crippen molar-refractivity contribution in [3.05, 3.63) is 34.6 Å². The number of nitrogens with one attached hydrogen (secondary N) is 1. The van der Waals surface area contributed by atoms with E-state index in [1.54, 1.807) is 6.07 Å². The summed E-state index contributed by atoms with van der Waals surface area (Å²) < 4.78 is 25.0. The average Bonchev–Trinajstić information content (AvgIpc) is 2.79. The smallest absolute Gasteiger partial charge is 0.159 e. The van der Waals surface area contributed by atoms with E-state index in [-0.39, 0.29) is 18.1 Å². The van der Waals surface area contributed by atoms with Crippen LogP contribution < -0.4 is 5.32 Å². The van der Waals surface area contributed by atoms with E-state index in [1.807, 2.05) is 27.0 Å². The maximum absolute atomic E-state index is 14.1. The van der Waals surface area contributed by atoms with Crippen LogP contribution in [-0.4, -0.2) is 26.6 Å². The van der Waals surface area contributed by atoms with Gasteiger partial charge >= 0.3 is 0 Å². The molecule has 0 radical (unpaired) electrons. The second kappa shape index (κ2) is 5.78. The Kier molecular flexibility index (Phi) is 4.32. The van der Waals surface area contributed by atoms with E-state index in [4.69, 9.17) is 9.47 Å². The van der Waals surface area contributed by atoms with Crippen LogP contribution in [0.1, 0.15) is 29.2 Å². The van der Waals surface area contributed by atoms with Gasteiger partial charge in [-0.1, -0.05) is 6.07 Å². The SMILES string of the molecule is CNC(CC1OCCO1)c1c(C)cc(C)cc1F. The summed E-state index contributed by atoms with van der Waals surface area (Å²) >= 11 is 0. The van der Waals surface area contributed by atoms with Crippen molar-refractivity contribution in [2.75, 3.05) is 20.3 Å². The summed E-state index contributed by atoms with van der Waals surface area (Å²) in [4.78, 5) is 0. The van der Waals surface area contributed by atoms with E-state index in [0.717, 1.165) is 11.1 Å².